The smallest absolute Gasteiger partial charge is 0.334 e. The molecule has 0 aromatic rings. The molecule has 1 aliphatic carbocycles. The first kappa shape index (κ1) is 12.5. The zero-order chi connectivity index (χ0) is 11.3. The van der Waals surface area contributed by atoms with E-state index in [1.54, 1.807) is 0 Å². The van der Waals surface area contributed by atoms with Gasteiger partial charge in [0.25, 0.3) is 0 Å². The second-order valence-electron chi connectivity index (χ2n) is 4.30. The molecule has 1 unspecified atom stereocenters. The first-order chi connectivity index (χ1) is 7.13. The van der Waals surface area contributed by atoms with E-state index < -0.39 is 12.1 Å². The molecule has 88 valence electrons. The second kappa shape index (κ2) is 6.08. The van der Waals surface area contributed by atoms with E-state index in [0.717, 1.165) is 12.5 Å². The third-order valence-corrected chi connectivity index (χ3v) is 2.92. The minimum Gasteiger partial charge on any atom is -0.479 e. The zero-order valence-electron chi connectivity index (χ0n) is 9.61. The van der Waals surface area contributed by atoms with Gasteiger partial charge < -0.3 is 14.7 Å². The van der Waals surface area contributed by atoms with E-state index in [4.69, 9.17) is 9.84 Å². The summed E-state index contributed by atoms with van der Waals surface area (Å²) in [6, 6.07) is 0. The van der Waals surface area contributed by atoms with Gasteiger partial charge in [-0.3, -0.25) is 0 Å². The van der Waals surface area contributed by atoms with Crippen LogP contribution < -0.4 is 0 Å². The van der Waals surface area contributed by atoms with Gasteiger partial charge >= 0.3 is 5.97 Å². The number of carboxylic acids is 1. The van der Waals surface area contributed by atoms with E-state index in [1.165, 1.54) is 19.3 Å². The third-order valence-electron chi connectivity index (χ3n) is 2.92. The Kier molecular flexibility index (Phi) is 5.05. The van der Waals surface area contributed by atoms with Crippen LogP contribution in [-0.2, 0) is 9.53 Å². The van der Waals surface area contributed by atoms with Crippen molar-refractivity contribution in [3.63, 3.8) is 0 Å². The first-order valence-electron chi connectivity index (χ1n) is 5.66. The maximum atomic E-state index is 10.8. The van der Waals surface area contributed by atoms with Gasteiger partial charge in [-0.05, 0) is 32.7 Å². The molecule has 1 aliphatic rings. The second-order valence-corrected chi connectivity index (χ2v) is 4.30. The first-order valence-corrected chi connectivity index (χ1v) is 5.66. The summed E-state index contributed by atoms with van der Waals surface area (Å²) in [4.78, 5) is 12.9. The van der Waals surface area contributed by atoms with E-state index in [2.05, 4.69) is 4.90 Å². The minimum atomic E-state index is -0.864. The summed E-state index contributed by atoms with van der Waals surface area (Å²) in [6.45, 7) is 3.76. The van der Waals surface area contributed by atoms with E-state index in [0.29, 0.717) is 13.2 Å². The number of rotatable bonds is 7. The van der Waals surface area contributed by atoms with Crippen molar-refractivity contribution in [3.8, 4) is 0 Å². The van der Waals surface area contributed by atoms with Crippen molar-refractivity contribution < 1.29 is 14.6 Å². The monoisotopic (exact) mass is 215 g/mol. The Morgan fingerprint density at radius 3 is 2.67 bits per heavy atom. The van der Waals surface area contributed by atoms with Crippen molar-refractivity contribution in [1.29, 1.82) is 0 Å². The Morgan fingerprint density at radius 2 is 2.27 bits per heavy atom. The van der Waals surface area contributed by atoms with Gasteiger partial charge in [-0.15, -0.1) is 0 Å². The topological polar surface area (TPSA) is 49.8 Å². The fraction of sp³-hybridized carbons (Fsp3) is 0.909. The van der Waals surface area contributed by atoms with Crippen LogP contribution in [0.1, 0.15) is 26.2 Å². The molecule has 4 heteroatoms. The minimum absolute atomic E-state index is 0.453. The molecule has 15 heavy (non-hydrogen) atoms. The number of likely N-dealkylation sites (N-methyl/N-ethyl adjacent to an activating group) is 1. The van der Waals surface area contributed by atoms with Crippen LogP contribution in [0.2, 0.25) is 0 Å². The molecule has 0 saturated heterocycles. The quantitative estimate of drug-likeness (QED) is 0.693. The molecule has 1 fully saturated rings. The summed E-state index contributed by atoms with van der Waals surface area (Å²) in [6.07, 6.45) is 3.22. The lowest BCUT2D eigenvalue weighted by molar-refractivity contribution is -0.151. The molecule has 0 spiro atoms. The number of carbonyl (C=O) groups is 1. The van der Waals surface area contributed by atoms with Crippen molar-refractivity contribution in [2.75, 3.05) is 26.7 Å². The third kappa shape index (κ3) is 4.18. The number of aliphatic carboxylic acids is 1. The van der Waals surface area contributed by atoms with Crippen LogP contribution in [-0.4, -0.2) is 48.8 Å². The Balaban J connectivity index is 2.25. The molecule has 4 nitrogen and oxygen atoms in total. The normalized spacial score (nSPS) is 18.9. The summed E-state index contributed by atoms with van der Waals surface area (Å²) in [5.41, 5.74) is 0. The van der Waals surface area contributed by atoms with Crippen LogP contribution in [0.15, 0.2) is 0 Å². The molecule has 0 radical (unpaired) electrons. The maximum Gasteiger partial charge on any atom is 0.334 e. The van der Waals surface area contributed by atoms with Crippen molar-refractivity contribution in [3.05, 3.63) is 0 Å². The standard InChI is InChI=1S/C11H21NO3/c1-3-15-10(11(13)14)8-12(2)7-9-5-4-6-9/h9-10H,3-8H2,1-2H3,(H,13,14). The van der Waals surface area contributed by atoms with Crippen molar-refractivity contribution in [2.24, 2.45) is 5.92 Å². The SMILES string of the molecule is CCOC(CN(C)CC1CCC1)C(=O)O. The van der Waals surface area contributed by atoms with Gasteiger partial charge in [-0.1, -0.05) is 6.42 Å². The van der Waals surface area contributed by atoms with Crippen LogP contribution in [0.5, 0.6) is 0 Å². The van der Waals surface area contributed by atoms with Gasteiger partial charge in [-0.25, -0.2) is 4.79 Å². The van der Waals surface area contributed by atoms with E-state index >= 15 is 0 Å². The van der Waals surface area contributed by atoms with Crippen LogP contribution in [0.25, 0.3) is 0 Å². The van der Waals surface area contributed by atoms with Gasteiger partial charge in [0.2, 0.25) is 0 Å². The zero-order valence-corrected chi connectivity index (χ0v) is 9.61. The van der Waals surface area contributed by atoms with Crippen molar-refractivity contribution >= 4 is 5.97 Å². The van der Waals surface area contributed by atoms with Gasteiger partial charge in [0.05, 0.1) is 0 Å². The molecule has 0 bridgehead atoms. The fourth-order valence-electron chi connectivity index (χ4n) is 1.88. The van der Waals surface area contributed by atoms with Crippen LogP contribution in [0, 0.1) is 5.92 Å². The Hall–Kier alpha value is -0.610. The van der Waals surface area contributed by atoms with Crippen molar-refractivity contribution in [2.45, 2.75) is 32.3 Å². The molecule has 1 saturated carbocycles. The Morgan fingerprint density at radius 1 is 1.60 bits per heavy atom. The summed E-state index contributed by atoms with van der Waals surface area (Å²) in [5, 5.41) is 8.91. The lowest BCUT2D eigenvalue weighted by atomic mass is 9.85. The molecule has 1 atom stereocenters. The highest BCUT2D eigenvalue weighted by atomic mass is 16.5. The van der Waals surface area contributed by atoms with E-state index in [1.807, 2.05) is 14.0 Å². The highest BCUT2D eigenvalue weighted by Crippen LogP contribution is 2.26. The summed E-state index contributed by atoms with van der Waals surface area (Å²) < 4.78 is 5.17. The van der Waals surface area contributed by atoms with Crippen LogP contribution in [0.3, 0.4) is 0 Å². The number of hydrogen-bond acceptors (Lipinski definition) is 3. The summed E-state index contributed by atoms with van der Waals surface area (Å²) in [5.74, 6) is -0.0941. The number of carboxylic acid groups (broad SMARTS) is 1. The van der Waals surface area contributed by atoms with Crippen molar-refractivity contribution in [1.82, 2.24) is 4.90 Å². The van der Waals surface area contributed by atoms with Gasteiger partial charge in [0, 0.05) is 19.7 Å². The highest BCUT2D eigenvalue weighted by molar-refractivity contribution is 5.72. The predicted molar refractivity (Wildman–Crippen MR) is 57.9 cm³/mol. The number of hydrogen-bond donors (Lipinski definition) is 1. The van der Waals surface area contributed by atoms with Gasteiger partial charge in [-0.2, -0.15) is 0 Å². The van der Waals surface area contributed by atoms with Crippen LogP contribution in [0.4, 0.5) is 0 Å². The Labute approximate surface area is 91.2 Å². The fourth-order valence-corrected chi connectivity index (χ4v) is 1.88. The molecule has 0 amide bonds. The van der Waals surface area contributed by atoms with E-state index in [-0.39, 0.29) is 0 Å². The molecule has 0 aromatic heterocycles. The molecular formula is C11H21NO3. The number of ether oxygens (including phenoxy) is 1. The summed E-state index contributed by atoms with van der Waals surface area (Å²) in [7, 11) is 1.97. The van der Waals surface area contributed by atoms with Crippen LogP contribution >= 0.6 is 0 Å². The average molecular weight is 215 g/mol. The summed E-state index contributed by atoms with van der Waals surface area (Å²) >= 11 is 0. The molecule has 0 heterocycles. The predicted octanol–water partition coefficient (Wildman–Crippen LogP) is 1.21. The molecule has 1 rings (SSSR count). The lowest BCUT2D eigenvalue weighted by Gasteiger charge is -2.31. The largest absolute Gasteiger partial charge is 0.479 e. The van der Waals surface area contributed by atoms with E-state index in [9.17, 15) is 4.79 Å². The molecule has 0 aromatic carbocycles. The molecule has 1 N–H and O–H groups in total. The lowest BCUT2D eigenvalue weighted by Crippen LogP contribution is -2.39. The molecule has 0 aliphatic heterocycles. The molecular weight excluding hydrogens is 194 g/mol. The van der Waals surface area contributed by atoms with Gasteiger partial charge in [0.15, 0.2) is 6.10 Å². The van der Waals surface area contributed by atoms with Gasteiger partial charge in [0.1, 0.15) is 0 Å². The number of nitrogens with zero attached hydrogens (tertiary/aromatic N) is 1. The maximum absolute atomic E-state index is 10.8. The Bertz CT molecular complexity index is 204. The average Bonchev–Trinajstić information content (AvgIpc) is 2.10. The highest BCUT2D eigenvalue weighted by Gasteiger charge is 2.23.